The Bertz CT molecular complexity index is 1510. The summed E-state index contributed by atoms with van der Waals surface area (Å²) in [5.41, 5.74) is 3.35. The van der Waals surface area contributed by atoms with Crippen molar-refractivity contribution in [2.24, 2.45) is 0 Å². The molecule has 0 bridgehead atoms. The van der Waals surface area contributed by atoms with E-state index in [0.717, 1.165) is 28.7 Å². The number of nitrogens with one attached hydrogen (secondary N) is 4. The first-order valence-corrected chi connectivity index (χ1v) is 14.5. The van der Waals surface area contributed by atoms with E-state index in [1.807, 2.05) is 38.1 Å². The summed E-state index contributed by atoms with van der Waals surface area (Å²) in [5, 5.41) is 33.7. The number of benzene rings is 2. The molecular weight excluding hydrogens is 546 g/mol. The number of fused-ring (bicyclic) bond motifs is 2. The maximum absolute atomic E-state index is 13.2. The molecule has 224 valence electrons. The summed E-state index contributed by atoms with van der Waals surface area (Å²) >= 11 is 0. The number of aromatic amines is 1. The normalized spacial score (nSPS) is 17.3. The molecule has 1 aliphatic carbocycles. The molecule has 4 N–H and O–H groups in total. The lowest BCUT2D eigenvalue weighted by Gasteiger charge is -2.41. The number of nitriles is 1. The van der Waals surface area contributed by atoms with Crippen molar-refractivity contribution in [1.82, 2.24) is 41.5 Å². The molecule has 0 unspecified atom stereocenters. The van der Waals surface area contributed by atoms with Crippen molar-refractivity contribution >= 4 is 17.7 Å². The van der Waals surface area contributed by atoms with Gasteiger partial charge in [-0.2, -0.15) is 5.26 Å². The molecule has 2 aromatic carbocycles. The largest absolute Gasteiger partial charge is 0.355 e. The van der Waals surface area contributed by atoms with E-state index in [-0.39, 0.29) is 24.3 Å². The summed E-state index contributed by atoms with van der Waals surface area (Å²) in [6.45, 7) is 4.70. The Morgan fingerprint density at radius 3 is 2.16 bits per heavy atom. The molecule has 2 heterocycles. The lowest BCUT2D eigenvalue weighted by Crippen LogP contribution is -2.51. The Balaban J connectivity index is 1.63. The lowest BCUT2D eigenvalue weighted by molar-refractivity contribution is -0.130. The summed E-state index contributed by atoms with van der Waals surface area (Å²) in [6.07, 6.45) is 3.20. The van der Waals surface area contributed by atoms with Crippen LogP contribution < -0.4 is 16.0 Å². The average Bonchev–Trinajstić information content (AvgIpc) is 3.72. The zero-order valence-electron chi connectivity index (χ0n) is 25.0. The predicted octanol–water partition coefficient (Wildman–Crippen LogP) is 1.62. The summed E-state index contributed by atoms with van der Waals surface area (Å²) in [5.74, 6) is 0.0372. The Kier molecular flexibility index (Phi) is 8.28. The molecule has 43 heavy (non-hydrogen) atoms. The molecular formula is C31H37N9O3. The highest BCUT2D eigenvalue weighted by atomic mass is 16.2. The van der Waals surface area contributed by atoms with E-state index < -0.39 is 17.0 Å². The number of hydrogen-bond acceptors (Lipinski definition) is 8. The van der Waals surface area contributed by atoms with Crippen molar-refractivity contribution < 1.29 is 14.4 Å². The Morgan fingerprint density at radius 2 is 1.65 bits per heavy atom. The number of likely N-dealkylation sites (tertiary alicyclic amines) is 1. The maximum Gasteiger partial charge on any atom is 0.251 e. The topological polar surface area (TPSA) is 169 Å². The number of aryl methyl sites for hydroxylation is 2. The number of nitrogens with zero attached hydrogens (tertiary/aromatic N) is 5. The van der Waals surface area contributed by atoms with Gasteiger partial charge in [0.05, 0.1) is 18.0 Å². The summed E-state index contributed by atoms with van der Waals surface area (Å²) in [7, 11) is 3.20. The molecule has 0 spiro atoms. The molecule has 3 aromatic rings. The van der Waals surface area contributed by atoms with Gasteiger partial charge in [-0.15, -0.1) is 5.10 Å². The van der Waals surface area contributed by atoms with E-state index in [1.165, 1.54) is 0 Å². The molecule has 2 aliphatic rings. The SMILES string of the molecule is CNC(=O)c1ccc2c(c1)CCc1cc(C(=O)NC)ccc1C2(CC(C)(C)NCC(=O)N1CCC[C@H]1C#N)c1nnn[nH]1. The number of carbonyl (C=O) groups is 3. The molecule has 12 heteroatoms. The van der Waals surface area contributed by atoms with Gasteiger partial charge < -0.3 is 20.9 Å². The van der Waals surface area contributed by atoms with Crippen LogP contribution in [0.25, 0.3) is 0 Å². The van der Waals surface area contributed by atoms with Gasteiger partial charge in [-0.05, 0) is 103 Å². The molecule has 3 amide bonds. The van der Waals surface area contributed by atoms with E-state index in [1.54, 1.807) is 31.1 Å². The van der Waals surface area contributed by atoms with Gasteiger partial charge >= 0.3 is 0 Å². The van der Waals surface area contributed by atoms with Gasteiger partial charge in [-0.1, -0.05) is 12.1 Å². The van der Waals surface area contributed by atoms with E-state index in [2.05, 4.69) is 42.6 Å². The number of amides is 3. The minimum absolute atomic E-state index is 0.0703. The second-order valence-corrected chi connectivity index (χ2v) is 11.8. The fourth-order valence-electron chi connectivity index (χ4n) is 6.63. The molecule has 1 aromatic heterocycles. The molecule has 5 rings (SSSR count). The zero-order valence-corrected chi connectivity index (χ0v) is 25.0. The average molecular weight is 584 g/mol. The number of tetrazole rings is 1. The van der Waals surface area contributed by atoms with Crippen molar-refractivity contribution in [2.45, 2.75) is 62.9 Å². The third-order valence-corrected chi connectivity index (χ3v) is 8.67. The van der Waals surface area contributed by atoms with Crippen LogP contribution in [-0.4, -0.2) is 82.0 Å². The molecule has 0 saturated carbocycles. The number of carbonyl (C=O) groups excluding carboxylic acids is 3. The molecule has 1 aliphatic heterocycles. The maximum atomic E-state index is 13.2. The van der Waals surface area contributed by atoms with Crippen LogP contribution in [0.1, 0.15) is 81.9 Å². The molecule has 1 atom stereocenters. The predicted molar refractivity (Wildman–Crippen MR) is 158 cm³/mol. The van der Waals surface area contributed by atoms with Crippen molar-refractivity contribution in [3.05, 3.63) is 75.6 Å². The highest BCUT2D eigenvalue weighted by Crippen LogP contribution is 2.48. The standard InChI is InChI=1S/C31H37N9O3/c1-30(2,35-17-26(41)40-13-5-6-23(40)16-32)18-31(29-36-38-39-37-29)24-11-9-21(27(42)33-3)14-19(24)7-8-20-15-22(28(43)34-4)10-12-25(20)31/h9-12,14-15,23,35H,5-8,13,17-18H2,1-4H3,(H,33,42)(H,34,43)(H,36,37,38,39)/t23-/m0/s1. The van der Waals surface area contributed by atoms with E-state index in [0.29, 0.717) is 49.2 Å². The molecule has 1 saturated heterocycles. The highest BCUT2D eigenvalue weighted by Gasteiger charge is 2.47. The van der Waals surface area contributed by atoms with Crippen LogP contribution in [0.3, 0.4) is 0 Å². The van der Waals surface area contributed by atoms with E-state index >= 15 is 0 Å². The van der Waals surface area contributed by atoms with E-state index in [4.69, 9.17) is 0 Å². The Hall–Kier alpha value is -4.63. The van der Waals surface area contributed by atoms with Crippen molar-refractivity contribution in [1.29, 1.82) is 5.26 Å². The van der Waals surface area contributed by atoms with Crippen molar-refractivity contribution in [3.8, 4) is 6.07 Å². The van der Waals surface area contributed by atoms with Crippen molar-refractivity contribution in [3.63, 3.8) is 0 Å². The number of hydrogen-bond donors (Lipinski definition) is 4. The second-order valence-electron chi connectivity index (χ2n) is 11.8. The smallest absolute Gasteiger partial charge is 0.251 e. The first-order valence-electron chi connectivity index (χ1n) is 14.5. The summed E-state index contributed by atoms with van der Waals surface area (Å²) < 4.78 is 0. The van der Waals surface area contributed by atoms with Gasteiger partial charge in [-0.25, -0.2) is 5.10 Å². The number of H-pyrrole nitrogens is 1. The van der Waals surface area contributed by atoms with Crippen LogP contribution in [0.15, 0.2) is 36.4 Å². The quantitative estimate of drug-likeness (QED) is 0.310. The molecule has 0 radical (unpaired) electrons. The van der Waals surface area contributed by atoms with E-state index in [9.17, 15) is 19.6 Å². The minimum atomic E-state index is -0.921. The Labute approximate surface area is 250 Å². The van der Waals surface area contributed by atoms with Gasteiger partial charge in [0.2, 0.25) is 5.91 Å². The minimum Gasteiger partial charge on any atom is -0.355 e. The highest BCUT2D eigenvalue weighted by molar-refractivity contribution is 5.95. The van der Waals surface area contributed by atoms with Gasteiger partial charge in [-0.3, -0.25) is 14.4 Å². The number of rotatable bonds is 8. The third-order valence-electron chi connectivity index (χ3n) is 8.67. The van der Waals surface area contributed by atoms with Gasteiger partial charge in [0.25, 0.3) is 11.8 Å². The third kappa shape index (κ3) is 5.60. The first kappa shape index (κ1) is 29.8. The van der Waals surface area contributed by atoms with Crippen LogP contribution in [0.5, 0.6) is 0 Å². The Morgan fingerprint density at radius 1 is 1.05 bits per heavy atom. The fourth-order valence-corrected chi connectivity index (χ4v) is 6.63. The number of aromatic nitrogens is 4. The second kappa shape index (κ2) is 11.9. The van der Waals surface area contributed by atoms with Crippen molar-refractivity contribution in [2.75, 3.05) is 27.2 Å². The summed E-state index contributed by atoms with van der Waals surface area (Å²) in [4.78, 5) is 40.1. The van der Waals surface area contributed by atoms with Crippen LogP contribution in [0.4, 0.5) is 0 Å². The van der Waals surface area contributed by atoms with Gasteiger partial charge in [0.1, 0.15) is 6.04 Å². The monoisotopic (exact) mass is 583 g/mol. The zero-order chi connectivity index (χ0) is 30.8. The van der Waals surface area contributed by atoms with Crippen LogP contribution >= 0.6 is 0 Å². The fraction of sp³-hybridized carbons (Fsp3) is 0.452. The molecule has 1 fully saturated rings. The lowest BCUT2D eigenvalue weighted by atomic mass is 9.65. The summed E-state index contributed by atoms with van der Waals surface area (Å²) in [6, 6.07) is 13.2. The van der Waals surface area contributed by atoms with Crippen LogP contribution in [-0.2, 0) is 23.1 Å². The van der Waals surface area contributed by atoms with Crippen LogP contribution in [0, 0.1) is 11.3 Å². The molecule has 12 nitrogen and oxygen atoms in total. The van der Waals surface area contributed by atoms with Crippen LogP contribution in [0.2, 0.25) is 0 Å². The first-order chi connectivity index (χ1) is 20.6. The van der Waals surface area contributed by atoms with Gasteiger partial charge in [0, 0.05) is 37.3 Å². The van der Waals surface area contributed by atoms with Gasteiger partial charge in [0.15, 0.2) is 5.82 Å².